The Bertz CT molecular complexity index is 3200. The van der Waals surface area contributed by atoms with E-state index < -0.39 is 0 Å². The van der Waals surface area contributed by atoms with Crippen LogP contribution in [0.15, 0.2) is 285 Å². The first-order valence-electron chi connectivity index (χ1n) is 23.5. The minimum Gasteiger partial charge on any atom is -0.334 e. The summed E-state index contributed by atoms with van der Waals surface area (Å²) in [5, 5.41) is 0. The fourth-order valence-electron chi connectivity index (χ4n) is 9.49. The van der Waals surface area contributed by atoms with Gasteiger partial charge in [0.2, 0.25) is 0 Å². The SMILES string of the molecule is C1=CCC(N(c2ccc(-c3ccccc3)cc2)c2ccc(-c3ccc(-c4ccc(N(c5ccc(-c6ccccc6)cc5)c5ccc(-c6ccccc6)cc5)cc4-c4ccccc4)cc3)cc2)C=C1. The van der Waals surface area contributed by atoms with Gasteiger partial charge in [0.15, 0.2) is 0 Å². The molecule has 1 unspecified atom stereocenters. The van der Waals surface area contributed by atoms with Crippen LogP contribution in [0.1, 0.15) is 6.42 Å². The standard InChI is InChI=1S/C66H50N2/c1-6-16-49(17-7-1)53-30-38-60(39-31-53)67(59-24-14-5-15-25-59)61-40-36-56(37-41-61)52-26-28-58(29-27-52)65-47-46-64(48-66(65)57-22-12-4-13-23-57)68(62-42-32-54(33-43-62)50-18-8-2-9-19-50)63-44-34-55(35-45-63)51-20-10-3-11-21-51/h1-24,26-48,59H,25H2. The Kier molecular flexibility index (Phi) is 12.0. The van der Waals surface area contributed by atoms with Crippen LogP contribution in [0.4, 0.5) is 28.4 Å². The highest BCUT2D eigenvalue weighted by molar-refractivity contribution is 5.90. The summed E-state index contributed by atoms with van der Waals surface area (Å²) in [6.07, 6.45) is 9.82. The van der Waals surface area contributed by atoms with Gasteiger partial charge in [0.05, 0.1) is 6.04 Å². The predicted octanol–water partition coefficient (Wildman–Crippen LogP) is 18.2. The van der Waals surface area contributed by atoms with Gasteiger partial charge in [-0.3, -0.25) is 0 Å². The topological polar surface area (TPSA) is 6.48 Å². The van der Waals surface area contributed by atoms with E-state index in [9.17, 15) is 0 Å². The highest BCUT2D eigenvalue weighted by atomic mass is 15.2. The lowest BCUT2D eigenvalue weighted by molar-refractivity contribution is 0.785. The van der Waals surface area contributed by atoms with E-state index in [1.807, 2.05) is 0 Å². The molecule has 324 valence electrons. The Balaban J connectivity index is 0.916. The second-order valence-corrected chi connectivity index (χ2v) is 17.3. The van der Waals surface area contributed by atoms with Crippen molar-refractivity contribution in [3.63, 3.8) is 0 Å². The smallest absolute Gasteiger partial charge is 0.0559 e. The molecule has 0 bridgehead atoms. The third-order valence-corrected chi connectivity index (χ3v) is 13.0. The molecule has 0 aromatic heterocycles. The van der Waals surface area contributed by atoms with Gasteiger partial charge in [-0.1, -0.05) is 224 Å². The molecule has 10 aromatic rings. The molecule has 11 rings (SSSR count). The molecular weight excluding hydrogens is 821 g/mol. The lowest BCUT2D eigenvalue weighted by atomic mass is 9.92. The largest absolute Gasteiger partial charge is 0.334 e. The normalized spacial score (nSPS) is 13.0. The van der Waals surface area contributed by atoms with Crippen molar-refractivity contribution in [2.24, 2.45) is 0 Å². The molecule has 0 saturated heterocycles. The Hall–Kier alpha value is -8.72. The molecule has 68 heavy (non-hydrogen) atoms. The Morgan fingerprint density at radius 1 is 0.265 bits per heavy atom. The summed E-state index contributed by atoms with van der Waals surface area (Å²) < 4.78 is 0. The number of rotatable bonds is 12. The van der Waals surface area contributed by atoms with Crippen LogP contribution in [0.5, 0.6) is 0 Å². The van der Waals surface area contributed by atoms with E-state index in [2.05, 4.69) is 295 Å². The van der Waals surface area contributed by atoms with Gasteiger partial charge < -0.3 is 9.80 Å². The molecule has 1 aliphatic rings. The summed E-state index contributed by atoms with van der Waals surface area (Å²) in [4.78, 5) is 4.83. The van der Waals surface area contributed by atoms with Crippen LogP contribution in [0, 0.1) is 0 Å². The van der Waals surface area contributed by atoms with Gasteiger partial charge in [-0.05, 0) is 134 Å². The fourth-order valence-corrected chi connectivity index (χ4v) is 9.49. The third kappa shape index (κ3) is 8.96. The zero-order valence-corrected chi connectivity index (χ0v) is 37.8. The van der Waals surface area contributed by atoms with Gasteiger partial charge in [0, 0.05) is 28.4 Å². The number of anilines is 5. The predicted molar refractivity (Wildman–Crippen MR) is 289 cm³/mol. The summed E-state index contributed by atoms with van der Waals surface area (Å²) in [6, 6.07) is 94.6. The maximum atomic E-state index is 2.46. The van der Waals surface area contributed by atoms with E-state index in [1.165, 1.54) is 78.1 Å². The lowest BCUT2D eigenvalue weighted by Crippen LogP contribution is -2.29. The first-order valence-corrected chi connectivity index (χ1v) is 23.5. The molecule has 2 nitrogen and oxygen atoms in total. The number of benzene rings is 10. The maximum Gasteiger partial charge on any atom is 0.0559 e. The quantitative estimate of drug-likeness (QED) is 0.121. The van der Waals surface area contributed by atoms with Crippen molar-refractivity contribution >= 4 is 28.4 Å². The molecule has 1 aliphatic carbocycles. The molecule has 1 atom stereocenters. The van der Waals surface area contributed by atoms with E-state index in [-0.39, 0.29) is 6.04 Å². The van der Waals surface area contributed by atoms with Gasteiger partial charge in [0.25, 0.3) is 0 Å². The average Bonchev–Trinajstić information content (AvgIpc) is 3.43. The molecule has 10 aromatic carbocycles. The Morgan fingerprint density at radius 3 is 0.985 bits per heavy atom. The van der Waals surface area contributed by atoms with Crippen LogP contribution < -0.4 is 9.80 Å². The van der Waals surface area contributed by atoms with Crippen LogP contribution in [0.2, 0.25) is 0 Å². The molecule has 0 N–H and O–H groups in total. The van der Waals surface area contributed by atoms with Crippen LogP contribution in [-0.4, -0.2) is 6.04 Å². The summed E-state index contributed by atoms with van der Waals surface area (Å²) in [7, 11) is 0. The minimum absolute atomic E-state index is 0.227. The number of hydrogen-bond donors (Lipinski definition) is 0. The van der Waals surface area contributed by atoms with Crippen LogP contribution >= 0.6 is 0 Å². The average molecular weight is 871 g/mol. The Labute approximate surface area is 400 Å². The first-order chi connectivity index (χ1) is 33.7. The van der Waals surface area contributed by atoms with E-state index in [0.29, 0.717) is 0 Å². The minimum atomic E-state index is 0.227. The van der Waals surface area contributed by atoms with Crippen molar-refractivity contribution < 1.29 is 0 Å². The van der Waals surface area contributed by atoms with Crippen LogP contribution in [-0.2, 0) is 0 Å². The van der Waals surface area contributed by atoms with Gasteiger partial charge in [-0.25, -0.2) is 0 Å². The molecule has 0 fully saturated rings. The second kappa shape index (κ2) is 19.4. The van der Waals surface area contributed by atoms with E-state index in [4.69, 9.17) is 0 Å². The maximum absolute atomic E-state index is 2.46. The summed E-state index contributed by atoms with van der Waals surface area (Å²) in [5.41, 5.74) is 19.9. The monoisotopic (exact) mass is 870 g/mol. The third-order valence-electron chi connectivity index (χ3n) is 13.0. The molecule has 2 heteroatoms. The van der Waals surface area contributed by atoms with E-state index in [1.54, 1.807) is 0 Å². The summed E-state index contributed by atoms with van der Waals surface area (Å²) in [5.74, 6) is 0. The van der Waals surface area contributed by atoms with Crippen molar-refractivity contribution in [1.29, 1.82) is 0 Å². The van der Waals surface area contributed by atoms with Crippen molar-refractivity contribution in [3.8, 4) is 66.8 Å². The lowest BCUT2D eigenvalue weighted by Gasteiger charge is -2.33. The number of hydrogen-bond acceptors (Lipinski definition) is 2. The van der Waals surface area contributed by atoms with Gasteiger partial charge in [0.1, 0.15) is 0 Å². The highest BCUT2D eigenvalue weighted by Gasteiger charge is 2.20. The van der Waals surface area contributed by atoms with Gasteiger partial charge in [-0.2, -0.15) is 0 Å². The molecule has 0 amide bonds. The highest BCUT2D eigenvalue weighted by Crippen LogP contribution is 2.42. The number of allylic oxidation sites excluding steroid dienone is 2. The first kappa shape index (κ1) is 41.9. The second-order valence-electron chi connectivity index (χ2n) is 17.3. The van der Waals surface area contributed by atoms with Gasteiger partial charge >= 0.3 is 0 Å². The van der Waals surface area contributed by atoms with Crippen molar-refractivity contribution in [3.05, 3.63) is 285 Å². The molecule has 0 spiro atoms. The molecular formula is C66H50N2. The zero-order chi connectivity index (χ0) is 45.5. The van der Waals surface area contributed by atoms with Crippen molar-refractivity contribution in [2.45, 2.75) is 12.5 Å². The van der Waals surface area contributed by atoms with Crippen molar-refractivity contribution in [1.82, 2.24) is 0 Å². The molecule has 0 aliphatic heterocycles. The fraction of sp³-hybridized carbons (Fsp3) is 0.0303. The van der Waals surface area contributed by atoms with Gasteiger partial charge in [-0.15, -0.1) is 0 Å². The Morgan fingerprint density at radius 2 is 0.588 bits per heavy atom. The van der Waals surface area contributed by atoms with Crippen molar-refractivity contribution in [2.75, 3.05) is 9.80 Å². The van der Waals surface area contributed by atoms with E-state index >= 15 is 0 Å². The van der Waals surface area contributed by atoms with E-state index in [0.717, 1.165) is 23.5 Å². The molecule has 0 radical (unpaired) electrons. The number of nitrogens with zero attached hydrogens (tertiary/aromatic N) is 2. The molecule has 0 heterocycles. The van der Waals surface area contributed by atoms with Crippen LogP contribution in [0.3, 0.4) is 0 Å². The summed E-state index contributed by atoms with van der Waals surface area (Å²) >= 11 is 0. The zero-order valence-electron chi connectivity index (χ0n) is 37.8. The summed E-state index contributed by atoms with van der Waals surface area (Å²) in [6.45, 7) is 0. The van der Waals surface area contributed by atoms with Crippen LogP contribution in [0.25, 0.3) is 66.8 Å². The molecule has 0 saturated carbocycles.